The van der Waals surface area contributed by atoms with Crippen LogP contribution in [0.4, 0.5) is 11.4 Å². The highest BCUT2D eigenvalue weighted by Gasteiger charge is 2.08. The summed E-state index contributed by atoms with van der Waals surface area (Å²) >= 11 is 0. The van der Waals surface area contributed by atoms with Crippen LogP contribution in [0.1, 0.15) is 89.1 Å². The van der Waals surface area contributed by atoms with Crippen molar-refractivity contribution < 1.29 is 0 Å². The number of benzene rings is 5. The minimum absolute atomic E-state index is 0.814. The van der Waals surface area contributed by atoms with Crippen LogP contribution in [0.15, 0.2) is 115 Å². The highest BCUT2D eigenvalue weighted by Crippen LogP contribution is 2.23. The molecule has 0 heterocycles. The van der Waals surface area contributed by atoms with E-state index < -0.39 is 0 Å². The van der Waals surface area contributed by atoms with Crippen molar-refractivity contribution in [2.45, 2.75) is 71.1 Å². The number of nitrogen functional groups attached to an aromatic ring is 2. The van der Waals surface area contributed by atoms with E-state index in [1.165, 1.54) is 82.2 Å². The van der Waals surface area contributed by atoms with Gasteiger partial charge in [0.25, 0.3) is 0 Å². The molecule has 0 fully saturated rings. The predicted octanol–water partition coefficient (Wildman–Crippen LogP) is 9.73. The maximum Gasteiger partial charge on any atom is 0.0314 e. The minimum atomic E-state index is 0.814. The van der Waals surface area contributed by atoms with Gasteiger partial charge >= 0.3 is 0 Å². The van der Waals surface area contributed by atoms with Gasteiger partial charge in [-0.3, -0.25) is 0 Å². The number of hydrogen-bond donors (Lipinski definition) is 2. The second-order valence-electron chi connectivity index (χ2n) is 12.1. The highest BCUT2D eigenvalue weighted by atomic mass is 14.5. The summed E-state index contributed by atoms with van der Waals surface area (Å²) in [7, 11) is 0. The van der Waals surface area contributed by atoms with Gasteiger partial charge in [-0.15, -0.1) is 0 Å². The second kappa shape index (κ2) is 15.3. The lowest BCUT2D eigenvalue weighted by Gasteiger charge is -2.14. The van der Waals surface area contributed by atoms with Gasteiger partial charge in [0.2, 0.25) is 0 Å². The Labute approximate surface area is 258 Å². The molecule has 2 heteroatoms. The molecule has 5 aromatic carbocycles. The van der Waals surface area contributed by atoms with Crippen LogP contribution in [0.2, 0.25) is 0 Å². The predicted molar refractivity (Wildman–Crippen MR) is 185 cm³/mol. The van der Waals surface area contributed by atoms with Crippen LogP contribution >= 0.6 is 0 Å². The molecular weight excluding hydrogens is 520 g/mol. The Morgan fingerprint density at radius 2 is 0.744 bits per heavy atom. The van der Waals surface area contributed by atoms with E-state index in [2.05, 4.69) is 97.9 Å². The van der Waals surface area contributed by atoms with Crippen molar-refractivity contribution in [1.82, 2.24) is 0 Å². The molecule has 4 N–H and O–H groups in total. The van der Waals surface area contributed by atoms with E-state index in [9.17, 15) is 0 Å². The minimum Gasteiger partial charge on any atom is -0.399 e. The standard InChI is InChI=1S/C41H46N2/c1-2-3-4-5-6-7-38-30-37(28-33-10-8-31(9-11-33)26-34-17-22-40(42)23-18-34)16-21-39(38)29-36-14-12-32(13-15-36)27-35-19-24-41(43)25-20-35/h8-25,30H,2-7,26-29,42-43H2,1H3. The summed E-state index contributed by atoms with van der Waals surface area (Å²) in [4.78, 5) is 0. The zero-order valence-electron chi connectivity index (χ0n) is 25.7. The van der Waals surface area contributed by atoms with Crippen molar-refractivity contribution in [1.29, 1.82) is 0 Å². The Hall–Kier alpha value is -4.30. The van der Waals surface area contributed by atoms with Gasteiger partial charge in [-0.05, 0) is 113 Å². The first-order valence-corrected chi connectivity index (χ1v) is 16.0. The Balaban J connectivity index is 1.25. The smallest absolute Gasteiger partial charge is 0.0314 e. The number of unbranched alkanes of at least 4 members (excludes halogenated alkanes) is 4. The molecule has 43 heavy (non-hydrogen) atoms. The molecule has 0 amide bonds. The van der Waals surface area contributed by atoms with Crippen molar-refractivity contribution in [2.75, 3.05) is 11.5 Å². The van der Waals surface area contributed by atoms with Gasteiger partial charge in [0.15, 0.2) is 0 Å². The molecule has 0 aliphatic rings. The van der Waals surface area contributed by atoms with E-state index in [0.717, 1.165) is 43.5 Å². The normalized spacial score (nSPS) is 11.1. The SMILES string of the molecule is CCCCCCCc1cc(Cc2ccc(Cc3ccc(N)cc3)cc2)ccc1Cc1ccc(Cc2ccc(N)cc2)cc1. The van der Waals surface area contributed by atoms with E-state index in [0.29, 0.717) is 0 Å². The third kappa shape index (κ3) is 9.35. The average molecular weight is 567 g/mol. The fraction of sp³-hybridized carbons (Fsp3) is 0.268. The summed E-state index contributed by atoms with van der Waals surface area (Å²) in [6.45, 7) is 2.28. The van der Waals surface area contributed by atoms with Crippen LogP contribution in [0.5, 0.6) is 0 Å². The lowest BCUT2D eigenvalue weighted by Crippen LogP contribution is -2.00. The van der Waals surface area contributed by atoms with Gasteiger partial charge in [-0.1, -0.05) is 124 Å². The van der Waals surface area contributed by atoms with Crippen molar-refractivity contribution >= 4 is 11.4 Å². The molecule has 220 valence electrons. The number of anilines is 2. The van der Waals surface area contributed by atoms with Crippen LogP contribution in [0.3, 0.4) is 0 Å². The quantitative estimate of drug-likeness (QED) is 0.104. The largest absolute Gasteiger partial charge is 0.399 e. The van der Waals surface area contributed by atoms with Crippen molar-refractivity contribution in [2.24, 2.45) is 0 Å². The number of nitrogens with two attached hydrogens (primary N) is 2. The second-order valence-corrected chi connectivity index (χ2v) is 12.1. The van der Waals surface area contributed by atoms with Gasteiger partial charge in [0.05, 0.1) is 0 Å². The van der Waals surface area contributed by atoms with Crippen LogP contribution < -0.4 is 11.5 Å². The molecule has 0 aromatic heterocycles. The van der Waals surface area contributed by atoms with Gasteiger partial charge in [-0.2, -0.15) is 0 Å². The molecule has 5 aromatic rings. The third-order valence-electron chi connectivity index (χ3n) is 8.45. The summed E-state index contributed by atoms with van der Waals surface area (Å²) in [5.41, 5.74) is 25.7. The van der Waals surface area contributed by atoms with Crippen molar-refractivity contribution in [3.8, 4) is 0 Å². The summed E-state index contributed by atoms with van der Waals surface area (Å²) in [6, 6.07) is 41.9. The van der Waals surface area contributed by atoms with Gasteiger partial charge in [-0.25, -0.2) is 0 Å². The first-order valence-electron chi connectivity index (χ1n) is 16.0. The lowest BCUT2D eigenvalue weighted by atomic mass is 9.92. The molecule has 5 rings (SSSR count). The maximum absolute atomic E-state index is 5.85. The Bertz CT molecular complexity index is 1550. The van der Waals surface area contributed by atoms with E-state index in [4.69, 9.17) is 11.5 Å². The molecule has 0 saturated heterocycles. The van der Waals surface area contributed by atoms with Crippen molar-refractivity contribution in [3.63, 3.8) is 0 Å². The molecule has 0 bridgehead atoms. The molecule has 0 spiro atoms. The topological polar surface area (TPSA) is 52.0 Å². The fourth-order valence-corrected chi connectivity index (χ4v) is 5.86. The van der Waals surface area contributed by atoms with Crippen LogP contribution in [0, 0.1) is 0 Å². The zero-order valence-corrected chi connectivity index (χ0v) is 25.7. The monoisotopic (exact) mass is 566 g/mol. The summed E-state index contributed by atoms with van der Waals surface area (Å²) in [5, 5.41) is 0. The van der Waals surface area contributed by atoms with E-state index >= 15 is 0 Å². The van der Waals surface area contributed by atoms with Crippen molar-refractivity contribution in [3.05, 3.63) is 165 Å². The van der Waals surface area contributed by atoms with E-state index in [1.54, 1.807) is 0 Å². The maximum atomic E-state index is 5.85. The molecular formula is C41H46N2. The van der Waals surface area contributed by atoms with Gasteiger partial charge in [0, 0.05) is 11.4 Å². The Morgan fingerprint density at radius 1 is 0.372 bits per heavy atom. The van der Waals surface area contributed by atoms with Crippen LogP contribution in [0.25, 0.3) is 0 Å². The summed E-state index contributed by atoms with van der Waals surface area (Å²) in [5.74, 6) is 0. The molecule has 2 nitrogen and oxygen atoms in total. The van der Waals surface area contributed by atoms with E-state index in [1.807, 2.05) is 24.3 Å². The molecule has 0 radical (unpaired) electrons. The third-order valence-corrected chi connectivity index (χ3v) is 8.45. The number of hydrogen-bond acceptors (Lipinski definition) is 2. The van der Waals surface area contributed by atoms with E-state index in [-0.39, 0.29) is 0 Å². The van der Waals surface area contributed by atoms with Crippen LogP contribution in [-0.4, -0.2) is 0 Å². The fourth-order valence-electron chi connectivity index (χ4n) is 5.86. The first-order chi connectivity index (χ1) is 21.0. The Kier molecular flexibility index (Phi) is 10.7. The average Bonchev–Trinajstić information content (AvgIpc) is 3.02. The molecule has 0 aliphatic heterocycles. The highest BCUT2D eigenvalue weighted by molar-refractivity contribution is 5.43. The molecule has 0 aliphatic carbocycles. The van der Waals surface area contributed by atoms with Gasteiger partial charge in [0.1, 0.15) is 0 Å². The number of aryl methyl sites for hydroxylation is 1. The lowest BCUT2D eigenvalue weighted by molar-refractivity contribution is 0.631. The summed E-state index contributed by atoms with van der Waals surface area (Å²) in [6.07, 6.45) is 11.5. The number of rotatable bonds is 14. The molecule has 0 atom stereocenters. The van der Waals surface area contributed by atoms with Crippen LogP contribution in [-0.2, 0) is 32.1 Å². The van der Waals surface area contributed by atoms with Gasteiger partial charge < -0.3 is 11.5 Å². The first kappa shape index (κ1) is 30.2. The summed E-state index contributed by atoms with van der Waals surface area (Å²) < 4.78 is 0. The Morgan fingerprint density at radius 3 is 1.21 bits per heavy atom. The molecule has 0 saturated carbocycles. The zero-order chi connectivity index (χ0) is 29.9. The molecule has 0 unspecified atom stereocenters.